The normalized spacial score (nSPS) is 11.6. The Bertz CT molecular complexity index is 3240. The molecular weight excluding hydrogens is 695 g/mol. The Labute approximate surface area is 330 Å². The summed E-state index contributed by atoms with van der Waals surface area (Å²) in [5, 5.41) is 10.00. The molecule has 2 heteroatoms. The van der Waals surface area contributed by atoms with Crippen LogP contribution in [0.4, 0.5) is 17.1 Å². The molecule has 1 aromatic heterocycles. The fraction of sp³-hybridized carbons (Fsp3) is 0. The standard InChI is InChI=1S/C54H35NS/c1-4-15-36(16-5-1)39-27-28-41-34-42(30-29-40(41)33-39)55(50-25-14-24-48-46-22-12-13-26-51(46)56-54(48)50)43-31-32-45-44-21-10-11-23-47(44)52(37-17-6-2-7-18-37)53(49(45)35-43)38-19-8-3-9-20-38/h1-35H. The smallest absolute Gasteiger partial charge is 0.0640 e. The zero-order chi connectivity index (χ0) is 37.0. The van der Waals surface area contributed by atoms with Crippen LogP contribution in [0, 0.1) is 0 Å². The number of rotatable bonds is 6. The van der Waals surface area contributed by atoms with Crippen molar-refractivity contribution in [1.29, 1.82) is 0 Å². The van der Waals surface area contributed by atoms with Gasteiger partial charge in [-0.15, -0.1) is 11.3 Å². The molecule has 0 fully saturated rings. The fourth-order valence-electron chi connectivity index (χ4n) is 8.65. The number of benzene rings is 10. The Kier molecular flexibility index (Phi) is 7.75. The predicted octanol–water partition coefficient (Wildman–Crippen LogP) is 16.0. The van der Waals surface area contributed by atoms with E-state index in [1.54, 1.807) is 0 Å². The molecule has 0 aliphatic rings. The van der Waals surface area contributed by atoms with E-state index in [0.29, 0.717) is 0 Å². The molecule has 0 amide bonds. The second-order valence-corrected chi connectivity index (χ2v) is 15.5. The van der Waals surface area contributed by atoms with Crippen molar-refractivity contribution < 1.29 is 0 Å². The quantitative estimate of drug-likeness (QED) is 0.154. The van der Waals surface area contributed by atoms with Gasteiger partial charge in [-0.3, -0.25) is 0 Å². The number of anilines is 3. The van der Waals surface area contributed by atoms with E-state index in [4.69, 9.17) is 0 Å². The van der Waals surface area contributed by atoms with Crippen LogP contribution in [0.15, 0.2) is 212 Å². The molecule has 0 N–H and O–H groups in total. The molecule has 11 rings (SSSR count). The molecule has 262 valence electrons. The summed E-state index contributed by atoms with van der Waals surface area (Å²) in [7, 11) is 0. The van der Waals surface area contributed by atoms with Gasteiger partial charge in [0.1, 0.15) is 0 Å². The largest absolute Gasteiger partial charge is 0.309 e. The molecule has 0 saturated heterocycles. The summed E-state index contributed by atoms with van der Waals surface area (Å²) in [5.41, 5.74) is 10.8. The van der Waals surface area contributed by atoms with Gasteiger partial charge >= 0.3 is 0 Å². The Hall–Kier alpha value is -7.00. The summed E-state index contributed by atoms with van der Waals surface area (Å²) in [6.45, 7) is 0. The van der Waals surface area contributed by atoms with Crippen molar-refractivity contribution in [2.75, 3.05) is 4.90 Å². The van der Waals surface area contributed by atoms with E-state index in [9.17, 15) is 0 Å². The van der Waals surface area contributed by atoms with Crippen LogP contribution in [0.1, 0.15) is 0 Å². The lowest BCUT2D eigenvalue weighted by molar-refractivity contribution is 1.31. The molecule has 0 atom stereocenters. The maximum absolute atomic E-state index is 2.48. The Balaban J connectivity index is 1.20. The average Bonchev–Trinajstić information content (AvgIpc) is 3.66. The Morgan fingerprint density at radius 2 is 0.839 bits per heavy atom. The van der Waals surface area contributed by atoms with Gasteiger partial charge in [-0.05, 0) is 108 Å². The van der Waals surface area contributed by atoms with Crippen LogP contribution >= 0.6 is 11.3 Å². The lowest BCUT2D eigenvalue weighted by Crippen LogP contribution is -2.10. The topological polar surface area (TPSA) is 3.24 Å². The van der Waals surface area contributed by atoms with Gasteiger partial charge in [0.15, 0.2) is 0 Å². The van der Waals surface area contributed by atoms with Crippen LogP contribution in [0.2, 0.25) is 0 Å². The molecule has 11 aromatic rings. The molecule has 0 bridgehead atoms. The highest BCUT2D eigenvalue weighted by Gasteiger charge is 2.22. The van der Waals surface area contributed by atoms with E-state index in [1.807, 2.05) is 11.3 Å². The zero-order valence-corrected chi connectivity index (χ0v) is 31.4. The maximum Gasteiger partial charge on any atom is 0.0640 e. The van der Waals surface area contributed by atoms with Crippen LogP contribution < -0.4 is 4.90 Å². The van der Waals surface area contributed by atoms with Gasteiger partial charge in [-0.2, -0.15) is 0 Å². The first-order valence-electron chi connectivity index (χ1n) is 19.2. The van der Waals surface area contributed by atoms with Gasteiger partial charge in [-0.25, -0.2) is 0 Å². The third-order valence-corrected chi connectivity index (χ3v) is 12.4. The van der Waals surface area contributed by atoms with E-state index in [1.165, 1.54) is 91.6 Å². The van der Waals surface area contributed by atoms with E-state index in [-0.39, 0.29) is 0 Å². The van der Waals surface area contributed by atoms with E-state index < -0.39 is 0 Å². The predicted molar refractivity (Wildman–Crippen MR) is 243 cm³/mol. The van der Waals surface area contributed by atoms with E-state index >= 15 is 0 Å². The average molecular weight is 730 g/mol. The first kappa shape index (κ1) is 32.4. The van der Waals surface area contributed by atoms with Gasteiger partial charge in [-0.1, -0.05) is 170 Å². The lowest BCUT2D eigenvalue weighted by atomic mass is 9.85. The van der Waals surface area contributed by atoms with Gasteiger partial charge < -0.3 is 4.90 Å². The van der Waals surface area contributed by atoms with Crippen molar-refractivity contribution in [1.82, 2.24) is 0 Å². The summed E-state index contributed by atoms with van der Waals surface area (Å²) >= 11 is 1.87. The molecule has 0 radical (unpaired) electrons. The molecule has 56 heavy (non-hydrogen) atoms. The third-order valence-electron chi connectivity index (χ3n) is 11.2. The third kappa shape index (κ3) is 5.38. The molecule has 0 unspecified atom stereocenters. The summed E-state index contributed by atoms with van der Waals surface area (Å²) in [4.78, 5) is 2.48. The Morgan fingerprint density at radius 3 is 1.59 bits per heavy atom. The molecular formula is C54H35NS. The summed E-state index contributed by atoms with van der Waals surface area (Å²) < 4.78 is 2.57. The minimum Gasteiger partial charge on any atom is -0.309 e. The highest BCUT2D eigenvalue weighted by Crippen LogP contribution is 2.49. The van der Waals surface area contributed by atoms with Crippen LogP contribution in [0.25, 0.3) is 85.9 Å². The maximum atomic E-state index is 2.48. The highest BCUT2D eigenvalue weighted by molar-refractivity contribution is 7.26. The van der Waals surface area contributed by atoms with Gasteiger partial charge in [0.05, 0.1) is 10.4 Å². The number of thiophene rings is 1. The number of nitrogens with zero attached hydrogens (tertiary/aromatic N) is 1. The highest BCUT2D eigenvalue weighted by atomic mass is 32.1. The number of fused-ring (bicyclic) bond motifs is 7. The monoisotopic (exact) mass is 729 g/mol. The number of hydrogen-bond donors (Lipinski definition) is 0. The zero-order valence-electron chi connectivity index (χ0n) is 30.6. The van der Waals surface area contributed by atoms with Gasteiger partial charge in [0.25, 0.3) is 0 Å². The van der Waals surface area contributed by atoms with E-state index in [0.717, 1.165) is 11.4 Å². The van der Waals surface area contributed by atoms with Crippen LogP contribution in [0.3, 0.4) is 0 Å². The van der Waals surface area contributed by atoms with Crippen LogP contribution in [-0.4, -0.2) is 0 Å². The van der Waals surface area contributed by atoms with Crippen molar-refractivity contribution in [2.24, 2.45) is 0 Å². The molecule has 10 aromatic carbocycles. The van der Waals surface area contributed by atoms with Gasteiger partial charge in [0, 0.05) is 26.8 Å². The lowest BCUT2D eigenvalue weighted by Gasteiger charge is -2.28. The molecule has 0 aliphatic carbocycles. The molecule has 1 heterocycles. The Morgan fingerprint density at radius 1 is 0.304 bits per heavy atom. The molecule has 0 saturated carbocycles. The summed E-state index contributed by atoms with van der Waals surface area (Å²) in [6, 6.07) is 77.8. The molecule has 0 aliphatic heterocycles. The second-order valence-electron chi connectivity index (χ2n) is 14.5. The van der Waals surface area contributed by atoms with Crippen molar-refractivity contribution in [3.05, 3.63) is 212 Å². The van der Waals surface area contributed by atoms with E-state index in [2.05, 4.69) is 217 Å². The molecule has 1 nitrogen and oxygen atoms in total. The van der Waals surface area contributed by atoms with Crippen molar-refractivity contribution >= 4 is 80.9 Å². The summed E-state index contributed by atoms with van der Waals surface area (Å²) in [6.07, 6.45) is 0. The first-order valence-corrected chi connectivity index (χ1v) is 20.0. The second kappa shape index (κ2) is 13.4. The van der Waals surface area contributed by atoms with Crippen molar-refractivity contribution in [2.45, 2.75) is 0 Å². The van der Waals surface area contributed by atoms with Crippen molar-refractivity contribution in [3.63, 3.8) is 0 Å². The van der Waals surface area contributed by atoms with Crippen LogP contribution in [-0.2, 0) is 0 Å². The minimum absolute atomic E-state index is 1.12. The van der Waals surface area contributed by atoms with Crippen LogP contribution in [0.5, 0.6) is 0 Å². The molecule has 0 spiro atoms. The SMILES string of the molecule is c1ccc(-c2ccc3cc(N(c4ccc5c(c4)c(-c4ccccc4)c(-c4ccccc4)c4ccccc45)c4cccc5c4sc4ccccc45)ccc3c2)cc1. The summed E-state index contributed by atoms with van der Waals surface area (Å²) in [5.74, 6) is 0. The minimum atomic E-state index is 1.12. The number of hydrogen-bond acceptors (Lipinski definition) is 2. The van der Waals surface area contributed by atoms with Crippen molar-refractivity contribution in [3.8, 4) is 33.4 Å². The fourth-order valence-corrected chi connectivity index (χ4v) is 9.85. The first-order chi connectivity index (χ1) is 27.8. The van der Waals surface area contributed by atoms with Gasteiger partial charge in [0.2, 0.25) is 0 Å².